The lowest BCUT2D eigenvalue weighted by Crippen LogP contribution is -2.12. The van der Waals surface area contributed by atoms with Crippen LogP contribution in [0.2, 0.25) is 0 Å². The van der Waals surface area contributed by atoms with Gasteiger partial charge in [-0.25, -0.2) is 4.98 Å². The van der Waals surface area contributed by atoms with Crippen molar-refractivity contribution in [1.29, 1.82) is 0 Å². The standard InChI is InChI=1S/C14H14N2OS/c1-2-17-12-8-9-13(15-10-12)14(18)16-11-6-4-3-5-7-11/h3-10H,2H2,1H3,(H,16,18). The minimum absolute atomic E-state index is 0.601. The quantitative estimate of drug-likeness (QED) is 0.853. The number of hydrogen-bond donors (Lipinski definition) is 1. The molecule has 2 aromatic rings. The number of thiocarbonyl (C=S) groups is 1. The van der Waals surface area contributed by atoms with Gasteiger partial charge in [-0.05, 0) is 31.2 Å². The van der Waals surface area contributed by atoms with Gasteiger partial charge in [0, 0.05) is 5.69 Å². The first-order valence-corrected chi connectivity index (χ1v) is 6.15. The van der Waals surface area contributed by atoms with Gasteiger partial charge in [0.05, 0.1) is 18.5 Å². The van der Waals surface area contributed by atoms with Crippen molar-refractivity contribution in [3.05, 3.63) is 54.4 Å². The van der Waals surface area contributed by atoms with Crippen molar-refractivity contribution in [2.45, 2.75) is 6.92 Å². The average molecular weight is 258 g/mol. The van der Waals surface area contributed by atoms with Crippen LogP contribution >= 0.6 is 12.2 Å². The zero-order valence-electron chi connectivity index (χ0n) is 10.1. The summed E-state index contributed by atoms with van der Waals surface area (Å²) in [5, 5.41) is 3.14. The summed E-state index contributed by atoms with van der Waals surface area (Å²) in [4.78, 5) is 4.87. The van der Waals surface area contributed by atoms with E-state index >= 15 is 0 Å². The van der Waals surface area contributed by atoms with Crippen molar-refractivity contribution in [2.24, 2.45) is 0 Å². The Hall–Kier alpha value is -1.94. The van der Waals surface area contributed by atoms with Crippen molar-refractivity contribution < 1.29 is 4.74 Å². The molecule has 0 saturated carbocycles. The molecule has 18 heavy (non-hydrogen) atoms. The number of aromatic nitrogens is 1. The zero-order valence-corrected chi connectivity index (χ0v) is 10.9. The topological polar surface area (TPSA) is 34.1 Å². The number of nitrogens with one attached hydrogen (secondary N) is 1. The molecule has 0 radical (unpaired) electrons. The van der Waals surface area contributed by atoms with Crippen molar-refractivity contribution in [3.8, 4) is 5.75 Å². The van der Waals surface area contributed by atoms with Crippen LogP contribution in [0.5, 0.6) is 5.75 Å². The monoisotopic (exact) mass is 258 g/mol. The summed E-state index contributed by atoms with van der Waals surface area (Å²) >= 11 is 5.30. The molecule has 4 heteroatoms. The molecule has 92 valence electrons. The van der Waals surface area contributed by atoms with Gasteiger partial charge in [0.1, 0.15) is 10.7 Å². The molecule has 2 rings (SSSR count). The highest BCUT2D eigenvalue weighted by Gasteiger charge is 2.03. The van der Waals surface area contributed by atoms with E-state index in [4.69, 9.17) is 17.0 Å². The summed E-state index contributed by atoms with van der Waals surface area (Å²) < 4.78 is 5.33. The Morgan fingerprint density at radius 1 is 1.22 bits per heavy atom. The van der Waals surface area contributed by atoms with Gasteiger partial charge in [-0.1, -0.05) is 30.4 Å². The lowest BCUT2D eigenvalue weighted by molar-refractivity contribution is 0.339. The van der Waals surface area contributed by atoms with Gasteiger partial charge in [-0.3, -0.25) is 0 Å². The smallest absolute Gasteiger partial charge is 0.137 e. The van der Waals surface area contributed by atoms with Crippen molar-refractivity contribution in [2.75, 3.05) is 11.9 Å². The van der Waals surface area contributed by atoms with E-state index in [2.05, 4.69) is 10.3 Å². The van der Waals surface area contributed by atoms with Crippen LogP contribution < -0.4 is 10.1 Å². The van der Waals surface area contributed by atoms with Crippen molar-refractivity contribution in [1.82, 2.24) is 4.98 Å². The van der Waals surface area contributed by atoms with E-state index in [-0.39, 0.29) is 0 Å². The molecule has 0 aliphatic carbocycles. The highest BCUT2D eigenvalue weighted by Crippen LogP contribution is 2.12. The van der Waals surface area contributed by atoms with E-state index in [1.807, 2.05) is 49.4 Å². The summed E-state index contributed by atoms with van der Waals surface area (Å²) in [5.74, 6) is 0.753. The maximum Gasteiger partial charge on any atom is 0.137 e. The predicted octanol–water partition coefficient (Wildman–Crippen LogP) is 3.27. The second-order valence-corrected chi connectivity index (χ2v) is 4.04. The number of ether oxygens (including phenoxy) is 1. The molecular weight excluding hydrogens is 244 g/mol. The fraction of sp³-hybridized carbons (Fsp3) is 0.143. The molecule has 0 fully saturated rings. The molecule has 0 atom stereocenters. The average Bonchev–Trinajstić information content (AvgIpc) is 2.41. The fourth-order valence-corrected chi connectivity index (χ4v) is 1.72. The van der Waals surface area contributed by atoms with E-state index in [0.29, 0.717) is 11.6 Å². The van der Waals surface area contributed by atoms with Gasteiger partial charge in [0.2, 0.25) is 0 Å². The van der Waals surface area contributed by atoms with Gasteiger partial charge in [0.15, 0.2) is 0 Å². The first-order chi connectivity index (χ1) is 8.79. The Balaban J connectivity index is 2.05. The molecule has 1 heterocycles. The second-order valence-electron chi connectivity index (χ2n) is 3.63. The first kappa shape index (κ1) is 12.5. The second kappa shape index (κ2) is 6.12. The Morgan fingerprint density at radius 2 is 2.00 bits per heavy atom. The van der Waals surface area contributed by atoms with Crippen molar-refractivity contribution >= 4 is 22.9 Å². The van der Waals surface area contributed by atoms with Crippen LogP contribution in [0.3, 0.4) is 0 Å². The third-order valence-corrected chi connectivity index (χ3v) is 2.62. The Bertz CT molecular complexity index is 511. The third kappa shape index (κ3) is 3.28. The normalized spacial score (nSPS) is 9.83. The Labute approximate surface area is 112 Å². The first-order valence-electron chi connectivity index (χ1n) is 5.75. The lowest BCUT2D eigenvalue weighted by atomic mass is 10.3. The number of benzene rings is 1. The molecule has 0 spiro atoms. The predicted molar refractivity (Wildman–Crippen MR) is 77.2 cm³/mol. The van der Waals surface area contributed by atoms with Crippen LogP contribution in [0.25, 0.3) is 0 Å². The summed E-state index contributed by atoms with van der Waals surface area (Å²) in [7, 11) is 0. The van der Waals surface area contributed by atoms with E-state index in [9.17, 15) is 0 Å². The Kier molecular flexibility index (Phi) is 4.25. The zero-order chi connectivity index (χ0) is 12.8. The van der Waals surface area contributed by atoms with E-state index in [1.165, 1.54) is 0 Å². The number of anilines is 1. The highest BCUT2D eigenvalue weighted by atomic mass is 32.1. The minimum Gasteiger partial charge on any atom is -0.492 e. The molecule has 0 aliphatic rings. The minimum atomic E-state index is 0.601. The molecule has 1 aromatic carbocycles. The Morgan fingerprint density at radius 3 is 2.61 bits per heavy atom. The van der Waals surface area contributed by atoms with Gasteiger partial charge in [0.25, 0.3) is 0 Å². The summed E-state index contributed by atoms with van der Waals surface area (Å²) in [6.45, 7) is 2.57. The van der Waals surface area contributed by atoms with Gasteiger partial charge in [-0.2, -0.15) is 0 Å². The molecule has 0 bridgehead atoms. The molecule has 0 aliphatic heterocycles. The van der Waals surface area contributed by atoms with Crippen LogP contribution in [0.15, 0.2) is 48.7 Å². The summed E-state index contributed by atoms with van der Waals surface area (Å²) in [5.41, 5.74) is 1.69. The van der Waals surface area contributed by atoms with E-state index in [1.54, 1.807) is 6.20 Å². The molecule has 1 aromatic heterocycles. The molecule has 0 amide bonds. The molecule has 0 unspecified atom stereocenters. The van der Waals surface area contributed by atoms with E-state index in [0.717, 1.165) is 17.1 Å². The van der Waals surface area contributed by atoms with Crippen LogP contribution in [-0.4, -0.2) is 16.6 Å². The fourth-order valence-electron chi connectivity index (χ4n) is 1.48. The van der Waals surface area contributed by atoms with Gasteiger partial charge >= 0.3 is 0 Å². The number of para-hydroxylation sites is 1. The number of nitrogens with zero attached hydrogens (tertiary/aromatic N) is 1. The maximum atomic E-state index is 5.33. The number of hydrogen-bond acceptors (Lipinski definition) is 3. The van der Waals surface area contributed by atoms with Crippen LogP contribution in [0, 0.1) is 0 Å². The molecular formula is C14H14N2OS. The largest absolute Gasteiger partial charge is 0.492 e. The number of pyridine rings is 1. The van der Waals surface area contributed by atoms with E-state index < -0.39 is 0 Å². The van der Waals surface area contributed by atoms with Crippen LogP contribution in [-0.2, 0) is 0 Å². The SMILES string of the molecule is CCOc1ccc(C(=S)Nc2ccccc2)nc1. The highest BCUT2D eigenvalue weighted by molar-refractivity contribution is 7.81. The molecule has 3 nitrogen and oxygen atoms in total. The summed E-state index contributed by atoms with van der Waals surface area (Å²) in [6.07, 6.45) is 1.68. The third-order valence-electron chi connectivity index (χ3n) is 2.31. The van der Waals surface area contributed by atoms with Crippen LogP contribution in [0.1, 0.15) is 12.6 Å². The molecule has 0 saturated heterocycles. The van der Waals surface area contributed by atoms with Crippen LogP contribution in [0.4, 0.5) is 5.69 Å². The van der Waals surface area contributed by atoms with Crippen molar-refractivity contribution in [3.63, 3.8) is 0 Å². The lowest BCUT2D eigenvalue weighted by Gasteiger charge is -2.08. The maximum absolute atomic E-state index is 5.33. The summed E-state index contributed by atoms with van der Waals surface area (Å²) in [6, 6.07) is 13.5. The van der Waals surface area contributed by atoms with Gasteiger partial charge < -0.3 is 10.1 Å². The van der Waals surface area contributed by atoms with Gasteiger partial charge in [-0.15, -0.1) is 0 Å². The number of rotatable bonds is 4. The molecule has 1 N–H and O–H groups in total.